The highest BCUT2D eigenvalue weighted by molar-refractivity contribution is 6.59. The van der Waals surface area contributed by atoms with Gasteiger partial charge < -0.3 is 10.1 Å². The standard InChI is InChI=1S/C18H14Cl3N5O3/c1-2-29-12-9-7-11(8-10-12)22-18(16(26(27)28)15(19)17(20)21)25-14-6-4-3-5-13(14)23-24-25/h3-10,22H,2H2,1H3/b18-16-. The average Bonchev–Trinajstić information content (AvgIpc) is 3.12. The topological polar surface area (TPSA) is 95.1 Å². The van der Waals surface area contributed by atoms with Crippen LogP contribution in [-0.4, -0.2) is 26.5 Å². The number of allylic oxidation sites excluding steroid dienone is 1. The SMILES string of the molecule is CCOc1ccc(N/C(=C(\C(Cl)=C(Cl)Cl)[N+](=O)[O-])n2nnc3ccccc32)cc1. The average molecular weight is 455 g/mol. The summed E-state index contributed by atoms with van der Waals surface area (Å²) in [5.74, 6) is 0.586. The maximum Gasteiger partial charge on any atom is 0.332 e. The number of anilines is 1. The van der Waals surface area contributed by atoms with Gasteiger partial charge in [0.15, 0.2) is 5.03 Å². The van der Waals surface area contributed by atoms with Gasteiger partial charge in [-0.25, -0.2) is 0 Å². The van der Waals surface area contributed by atoms with Gasteiger partial charge in [0.2, 0.25) is 5.82 Å². The first-order valence-corrected chi connectivity index (χ1v) is 9.46. The molecule has 1 N–H and O–H groups in total. The third kappa shape index (κ3) is 4.61. The van der Waals surface area contributed by atoms with E-state index in [9.17, 15) is 10.1 Å². The minimum Gasteiger partial charge on any atom is -0.494 e. The van der Waals surface area contributed by atoms with Crippen LogP contribution in [0, 0.1) is 10.1 Å². The summed E-state index contributed by atoms with van der Waals surface area (Å²) in [6, 6.07) is 13.8. The van der Waals surface area contributed by atoms with Crippen molar-refractivity contribution in [3.8, 4) is 5.75 Å². The molecule has 0 fully saturated rings. The molecule has 0 unspecified atom stereocenters. The van der Waals surface area contributed by atoms with Crippen LogP contribution in [0.25, 0.3) is 16.9 Å². The predicted molar refractivity (Wildman–Crippen MR) is 114 cm³/mol. The van der Waals surface area contributed by atoms with Crippen LogP contribution in [-0.2, 0) is 0 Å². The third-order valence-corrected chi connectivity index (χ3v) is 4.71. The molecule has 0 aliphatic heterocycles. The molecule has 0 aliphatic rings. The normalized spacial score (nSPS) is 11.7. The molecule has 0 saturated carbocycles. The molecule has 0 amide bonds. The van der Waals surface area contributed by atoms with Gasteiger partial charge in [0, 0.05) is 5.69 Å². The molecule has 29 heavy (non-hydrogen) atoms. The van der Waals surface area contributed by atoms with Crippen molar-refractivity contribution in [2.24, 2.45) is 0 Å². The number of hydrogen-bond acceptors (Lipinski definition) is 6. The second kappa shape index (κ2) is 9.13. The van der Waals surface area contributed by atoms with Gasteiger partial charge in [-0.05, 0) is 43.3 Å². The van der Waals surface area contributed by atoms with Gasteiger partial charge in [-0.15, -0.1) is 5.10 Å². The summed E-state index contributed by atoms with van der Waals surface area (Å²) in [5.41, 5.74) is 1.03. The van der Waals surface area contributed by atoms with E-state index in [1.807, 2.05) is 6.92 Å². The lowest BCUT2D eigenvalue weighted by atomic mass is 10.3. The Morgan fingerprint density at radius 2 is 1.86 bits per heavy atom. The summed E-state index contributed by atoms with van der Waals surface area (Å²) in [6.45, 7) is 2.39. The van der Waals surface area contributed by atoms with Gasteiger partial charge in [-0.3, -0.25) is 10.1 Å². The Bertz CT molecular complexity index is 1110. The summed E-state index contributed by atoms with van der Waals surface area (Å²) >= 11 is 17.5. The number of fused-ring (bicyclic) bond motifs is 1. The molecular weight excluding hydrogens is 441 g/mol. The minimum atomic E-state index is -0.694. The van der Waals surface area contributed by atoms with Crippen LogP contribution in [0.5, 0.6) is 5.75 Å². The highest BCUT2D eigenvalue weighted by atomic mass is 35.5. The van der Waals surface area contributed by atoms with Crippen molar-refractivity contribution < 1.29 is 9.66 Å². The number of rotatable bonds is 7. The number of aromatic nitrogens is 3. The van der Waals surface area contributed by atoms with Crippen molar-refractivity contribution in [2.45, 2.75) is 6.92 Å². The number of hydrogen-bond donors (Lipinski definition) is 1. The summed E-state index contributed by atoms with van der Waals surface area (Å²) in [5, 5.41) is 22.4. The summed E-state index contributed by atoms with van der Waals surface area (Å²) in [7, 11) is 0. The van der Waals surface area contributed by atoms with Crippen molar-refractivity contribution in [1.82, 2.24) is 15.0 Å². The lowest BCUT2D eigenvalue weighted by Crippen LogP contribution is -2.16. The Hall–Kier alpha value is -2.81. The van der Waals surface area contributed by atoms with Gasteiger partial charge in [0.05, 0.1) is 17.0 Å². The van der Waals surface area contributed by atoms with Crippen LogP contribution >= 0.6 is 34.8 Å². The van der Waals surface area contributed by atoms with Gasteiger partial charge in [0.25, 0.3) is 0 Å². The molecule has 150 valence electrons. The molecule has 1 aromatic heterocycles. The predicted octanol–water partition coefficient (Wildman–Crippen LogP) is 5.23. The Morgan fingerprint density at radius 3 is 2.48 bits per heavy atom. The Kier molecular flexibility index (Phi) is 6.58. The summed E-state index contributed by atoms with van der Waals surface area (Å²) in [4.78, 5) is 11.1. The van der Waals surface area contributed by atoms with E-state index in [4.69, 9.17) is 39.5 Å². The molecule has 0 atom stereocenters. The lowest BCUT2D eigenvalue weighted by molar-refractivity contribution is -0.419. The van der Waals surface area contributed by atoms with Crippen molar-refractivity contribution in [3.63, 3.8) is 0 Å². The molecule has 11 heteroatoms. The Labute approximate surface area is 180 Å². The fourth-order valence-corrected chi connectivity index (χ4v) is 2.88. The molecular formula is C18H14Cl3N5O3. The molecule has 2 aromatic carbocycles. The number of halogens is 3. The number of para-hydroxylation sites is 1. The van der Waals surface area contributed by atoms with E-state index in [1.165, 1.54) is 4.68 Å². The zero-order valence-electron chi connectivity index (χ0n) is 15.0. The van der Waals surface area contributed by atoms with Gasteiger partial charge >= 0.3 is 5.70 Å². The first-order valence-electron chi connectivity index (χ1n) is 8.33. The number of benzene rings is 2. The zero-order valence-corrected chi connectivity index (χ0v) is 17.2. The molecule has 0 aliphatic carbocycles. The van der Waals surface area contributed by atoms with Crippen LogP contribution < -0.4 is 10.1 Å². The third-order valence-electron chi connectivity index (χ3n) is 3.77. The van der Waals surface area contributed by atoms with Crippen LogP contribution in [0.3, 0.4) is 0 Å². The van der Waals surface area contributed by atoms with Crippen LogP contribution in [0.1, 0.15) is 6.92 Å². The molecule has 0 saturated heterocycles. The molecule has 0 radical (unpaired) electrons. The number of nitrogens with zero attached hydrogens (tertiary/aromatic N) is 4. The van der Waals surface area contributed by atoms with E-state index in [2.05, 4.69) is 15.6 Å². The van der Waals surface area contributed by atoms with Gasteiger partial charge in [-0.2, -0.15) is 4.68 Å². The second-order valence-electron chi connectivity index (χ2n) is 5.60. The number of nitro groups is 1. The van der Waals surface area contributed by atoms with Crippen LogP contribution in [0.2, 0.25) is 0 Å². The van der Waals surface area contributed by atoms with Gasteiger partial charge in [0.1, 0.15) is 15.8 Å². The first kappa shape index (κ1) is 20.9. The fourth-order valence-electron chi connectivity index (χ4n) is 2.54. The van der Waals surface area contributed by atoms with E-state index in [0.29, 0.717) is 29.1 Å². The van der Waals surface area contributed by atoms with Crippen LogP contribution in [0.4, 0.5) is 5.69 Å². The fraction of sp³-hybridized carbons (Fsp3) is 0.111. The minimum absolute atomic E-state index is 0.0725. The first-order chi connectivity index (χ1) is 13.9. The Balaban J connectivity index is 2.20. The molecule has 1 heterocycles. The van der Waals surface area contributed by atoms with Crippen LogP contribution in [0.15, 0.2) is 63.8 Å². The van der Waals surface area contributed by atoms with E-state index < -0.39 is 20.1 Å². The smallest absolute Gasteiger partial charge is 0.332 e. The second-order valence-corrected chi connectivity index (χ2v) is 6.93. The molecule has 8 nitrogen and oxygen atoms in total. The number of ether oxygens (including phenoxy) is 1. The summed E-state index contributed by atoms with van der Waals surface area (Å²) < 4.78 is 6.23. The zero-order chi connectivity index (χ0) is 21.0. The lowest BCUT2D eigenvalue weighted by Gasteiger charge is -2.13. The maximum absolute atomic E-state index is 11.8. The highest BCUT2D eigenvalue weighted by Crippen LogP contribution is 2.31. The van der Waals surface area contributed by atoms with E-state index in [1.54, 1.807) is 48.5 Å². The highest BCUT2D eigenvalue weighted by Gasteiger charge is 2.28. The van der Waals surface area contributed by atoms with Crippen molar-refractivity contribution >= 4 is 57.3 Å². The monoisotopic (exact) mass is 453 g/mol. The largest absolute Gasteiger partial charge is 0.494 e. The van der Waals surface area contributed by atoms with Gasteiger partial charge in [-0.1, -0.05) is 52.1 Å². The molecule has 0 spiro atoms. The van der Waals surface area contributed by atoms with Crippen molar-refractivity contribution in [2.75, 3.05) is 11.9 Å². The molecule has 3 rings (SSSR count). The van der Waals surface area contributed by atoms with Crippen molar-refractivity contribution in [3.05, 3.63) is 73.9 Å². The molecule has 3 aromatic rings. The molecule has 0 bridgehead atoms. The van der Waals surface area contributed by atoms with E-state index in [-0.39, 0.29) is 5.82 Å². The summed E-state index contributed by atoms with van der Waals surface area (Å²) in [6.07, 6.45) is 0. The Morgan fingerprint density at radius 1 is 1.17 bits per heavy atom. The maximum atomic E-state index is 11.8. The number of nitrogens with one attached hydrogen (secondary N) is 1. The van der Waals surface area contributed by atoms with E-state index in [0.717, 1.165) is 0 Å². The van der Waals surface area contributed by atoms with E-state index >= 15 is 0 Å². The van der Waals surface area contributed by atoms with Crippen molar-refractivity contribution in [1.29, 1.82) is 0 Å². The quantitative estimate of drug-likeness (QED) is 0.298.